The molecule has 1 aromatic rings. The molecule has 0 unspecified atom stereocenters. The highest BCUT2D eigenvalue weighted by Gasteiger charge is 2.15. The first kappa shape index (κ1) is 13.5. The summed E-state index contributed by atoms with van der Waals surface area (Å²) in [5.41, 5.74) is 2.71. The number of carbonyl (C=O) groups is 1. The number of hydrogen-bond donors (Lipinski definition) is 1. The Morgan fingerprint density at radius 1 is 1.47 bits per heavy atom. The van der Waals surface area contributed by atoms with E-state index in [1.807, 2.05) is 26.0 Å². The number of ketones is 1. The smallest absolute Gasteiger partial charge is 0.180 e. The van der Waals surface area contributed by atoms with Crippen LogP contribution >= 0.6 is 0 Å². The van der Waals surface area contributed by atoms with Crippen LogP contribution in [0.2, 0.25) is 0 Å². The molecule has 1 aromatic carbocycles. The van der Waals surface area contributed by atoms with E-state index in [4.69, 9.17) is 4.74 Å². The van der Waals surface area contributed by atoms with E-state index in [9.17, 15) is 4.79 Å². The molecule has 3 heteroatoms. The van der Waals surface area contributed by atoms with Crippen LogP contribution < -0.4 is 10.1 Å². The Hall–Kier alpha value is -1.61. The number of aryl methyl sites for hydroxylation is 2. The van der Waals surface area contributed by atoms with Gasteiger partial charge in [-0.3, -0.25) is 4.79 Å². The second kappa shape index (κ2) is 6.21. The first-order valence-electron chi connectivity index (χ1n) is 5.60. The lowest BCUT2D eigenvalue weighted by Crippen LogP contribution is -2.24. The van der Waals surface area contributed by atoms with Gasteiger partial charge in [0.25, 0.3) is 0 Å². The summed E-state index contributed by atoms with van der Waals surface area (Å²) >= 11 is 0. The van der Waals surface area contributed by atoms with Gasteiger partial charge in [0.1, 0.15) is 5.75 Å². The Kier molecular flexibility index (Phi) is 4.91. The lowest BCUT2D eigenvalue weighted by molar-refractivity contribution is 0.0989. The van der Waals surface area contributed by atoms with Crippen molar-refractivity contribution >= 4 is 5.78 Å². The highest BCUT2D eigenvalue weighted by molar-refractivity contribution is 6.01. The van der Waals surface area contributed by atoms with Crippen molar-refractivity contribution in [3.8, 4) is 5.75 Å². The molecule has 92 valence electrons. The van der Waals surface area contributed by atoms with Gasteiger partial charge in [0.05, 0.1) is 19.2 Å². The molecule has 0 fully saturated rings. The molecule has 0 heterocycles. The molecule has 0 amide bonds. The minimum Gasteiger partial charge on any atom is -0.496 e. The summed E-state index contributed by atoms with van der Waals surface area (Å²) in [7, 11) is 1.59. The summed E-state index contributed by atoms with van der Waals surface area (Å²) < 4.78 is 5.27. The maximum Gasteiger partial charge on any atom is 0.180 e. The van der Waals surface area contributed by atoms with Crippen LogP contribution in [-0.4, -0.2) is 26.0 Å². The SMILES string of the molecule is C=CCNCC(=O)c1c(C)cc(C)cc1OC. The zero-order valence-corrected chi connectivity index (χ0v) is 10.7. The average molecular weight is 233 g/mol. The molecule has 0 aliphatic heterocycles. The maximum absolute atomic E-state index is 12.1. The fraction of sp³-hybridized carbons (Fsp3) is 0.357. The summed E-state index contributed by atoms with van der Waals surface area (Å²) in [6.45, 7) is 8.43. The van der Waals surface area contributed by atoms with Crippen molar-refractivity contribution in [1.29, 1.82) is 0 Å². The summed E-state index contributed by atoms with van der Waals surface area (Å²) in [5, 5.41) is 3.00. The van der Waals surface area contributed by atoms with Gasteiger partial charge in [0, 0.05) is 6.54 Å². The van der Waals surface area contributed by atoms with Gasteiger partial charge in [0.2, 0.25) is 0 Å². The fourth-order valence-corrected chi connectivity index (χ4v) is 1.82. The Morgan fingerprint density at radius 2 is 2.18 bits per heavy atom. The van der Waals surface area contributed by atoms with Crippen LogP contribution in [0.4, 0.5) is 0 Å². The first-order valence-corrected chi connectivity index (χ1v) is 5.60. The lowest BCUT2D eigenvalue weighted by Gasteiger charge is -2.12. The normalized spacial score (nSPS) is 10.1. The quantitative estimate of drug-likeness (QED) is 0.465. The molecular formula is C14H19NO2. The number of benzene rings is 1. The number of rotatable bonds is 6. The van der Waals surface area contributed by atoms with Crippen LogP contribution in [0.25, 0.3) is 0 Å². The molecule has 0 bridgehead atoms. The molecule has 0 atom stereocenters. The monoisotopic (exact) mass is 233 g/mol. The van der Waals surface area contributed by atoms with Gasteiger partial charge < -0.3 is 10.1 Å². The van der Waals surface area contributed by atoms with Crippen molar-refractivity contribution in [2.24, 2.45) is 0 Å². The average Bonchev–Trinajstić information content (AvgIpc) is 2.27. The standard InChI is InChI=1S/C14H19NO2/c1-5-6-15-9-12(16)14-11(3)7-10(2)8-13(14)17-4/h5,7-8,15H,1,6,9H2,2-4H3. The predicted octanol–water partition coefficient (Wildman–Crippen LogP) is 2.27. The van der Waals surface area contributed by atoms with Crippen molar-refractivity contribution in [3.05, 3.63) is 41.5 Å². The zero-order valence-electron chi connectivity index (χ0n) is 10.7. The van der Waals surface area contributed by atoms with Crippen LogP contribution in [-0.2, 0) is 0 Å². The van der Waals surface area contributed by atoms with E-state index in [1.165, 1.54) is 0 Å². The molecule has 0 aliphatic carbocycles. The van der Waals surface area contributed by atoms with E-state index in [0.29, 0.717) is 24.4 Å². The molecule has 0 saturated carbocycles. The number of ether oxygens (including phenoxy) is 1. The van der Waals surface area contributed by atoms with Gasteiger partial charge in [-0.2, -0.15) is 0 Å². The summed E-state index contributed by atoms with van der Waals surface area (Å²) in [4.78, 5) is 12.1. The van der Waals surface area contributed by atoms with Crippen LogP contribution in [0, 0.1) is 13.8 Å². The molecule has 1 rings (SSSR count). The minimum absolute atomic E-state index is 0.0428. The third-order valence-corrected chi connectivity index (χ3v) is 2.52. The van der Waals surface area contributed by atoms with Crippen LogP contribution in [0.1, 0.15) is 21.5 Å². The number of nitrogens with one attached hydrogen (secondary N) is 1. The van der Waals surface area contributed by atoms with Gasteiger partial charge in [-0.15, -0.1) is 6.58 Å². The second-order valence-electron chi connectivity index (χ2n) is 4.00. The van der Waals surface area contributed by atoms with Gasteiger partial charge >= 0.3 is 0 Å². The summed E-state index contributed by atoms with van der Waals surface area (Å²) in [6.07, 6.45) is 1.73. The largest absolute Gasteiger partial charge is 0.496 e. The third kappa shape index (κ3) is 3.43. The second-order valence-corrected chi connectivity index (χ2v) is 4.00. The molecule has 3 nitrogen and oxygen atoms in total. The molecular weight excluding hydrogens is 214 g/mol. The van der Waals surface area contributed by atoms with E-state index >= 15 is 0 Å². The molecule has 0 spiro atoms. The van der Waals surface area contributed by atoms with Crippen molar-refractivity contribution in [2.75, 3.05) is 20.2 Å². The van der Waals surface area contributed by atoms with Crippen LogP contribution in [0.5, 0.6) is 5.75 Å². The van der Waals surface area contributed by atoms with Crippen LogP contribution in [0.3, 0.4) is 0 Å². The molecule has 1 N–H and O–H groups in total. The van der Waals surface area contributed by atoms with E-state index in [0.717, 1.165) is 11.1 Å². The maximum atomic E-state index is 12.1. The molecule has 0 radical (unpaired) electrons. The lowest BCUT2D eigenvalue weighted by atomic mass is 10.0. The fourth-order valence-electron chi connectivity index (χ4n) is 1.82. The Morgan fingerprint density at radius 3 is 2.76 bits per heavy atom. The van der Waals surface area contributed by atoms with E-state index in [1.54, 1.807) is 13.2 Å². The van der Waals surface area contributed by atoms with E-state index < -0.39 is 0 Å². The molecule has 17 heavy (non-hydrogen) atoms. The molecule has 0 aliphatic rings. The number of methoxy groups -OCH3 is 1. The van der Waals surface area contributed by atoms with Crippen molar-refractivity contribution in [1.82, 2.24) is 5.32 Å². The van der Waals surface area contributed by atoms with Gasteiger partial charge in [-0.1, -0.05) is 12.1 Å². The van der Waals surface area contributed by atoms with Crippen LogP contribution in [0.15, 0.2) is 24.8 Å². The van der Waals surface area contributed by atoms with Gasteiger partial charge in [-0.05, 0) is 31.0 Å². The molecule has 0 aromatic heterocycles. The van der Waals surface area contributed by atoms with Gasteiger partial charge in [-0.25, -0.2) is 0 Å². The molecule has 0 saturated heterocycles. The topological polar surface area (TPSA) is 38.3 Å². The minimum atomic E-state index is 0.0428. The van der Waals surface area contributed by atoms with Gasteiger partial charge in [0.15, 0.2) is 5.78 Å². The van der Waals surface area contributed by atoms with Crippen molar-refractivity contribution in [2.45, 2.75) is 13.8 Å². The first-order chi connectivity index (χ1) is 8.10. The number of carbonyl (C=O) groups excluding carboxylic acids is 1. The zero-order chi connectivity index (χ0) is 12.8. The Labute approximate surface area is 102 Å². The Bertz CT molecular complexity index is 424. The van der Waals surface area contributed by atoms with Crippen molar-refractivity contribution < 1.29 is 9.53 Å². The summed E-state index contributed by atoms with van der Waals surface area (Å²) in [5.74, 6) is 0.689. The van der Waals surface area contributed by atoms with E-state index in [2.05, 4.69) is 11.9 Å². The Balaban J connectivity index is 2.95. The summed E-state index contributed by atoms with van der Waals surface area (Å²) in [6, 6.07) is 3.87. The highest BCUT2D eigenvalue weighted by Crippen LogP contribution is 2.24. The highest BCUT2D eigenvalue weighted by atomic mass is 16.5. The number of hydrogen-bond acceptors (Lipinski definition) is 3. The van der Waals surface area contributed by atoms with Crippen molar-refractivity contribution in [3.63, 3.8) is 0 Å². The number of Topliss-reactive ketones (excluding diaryl/α,β-unsaturated/α-hetero) is 1. The van der Waals surface area contributed by atoms with E-state index in [-0.39, 0.29) is 5.78 Å². The predicted molar refractivity (Wildman–Crippen MR) is 69.9 cm³/mol. The third-order valence-electron chi connectivity index (χ3n) is 2.52.